The van der Waals surface area contributed by atoms with Gasteiger partial charge in [0.1, 0.15) is 5.82 Å². The third-order valence-electron chi connectivity index (χ3n) is 5.54. The second-order valence-corrected chi connectivity index (χ2v) is 8.54. The molecule has 0 aliphatic carbocycles. The van der Waals surface area contributed by atoms with E-state index in [9.17, 15) is 13.6 Å². The number of carbonyl (C=O) groups is 1. The Morgan fingerprint density at radius 1 is 0.949 bits per heavy atom. The highest BCUT2D eigenvalue weighted by Gasteiger charge is 2.17. The number of halogens is 2. The lowest BCUT2D eigenvalue weighted by molar-refractivity contribution is 0.0941. The van der Waals surface area contributed by atoms with Crippen molar-refractivity contribution in [3.63, 3.8) is 0 Å². The Bertz CT molecular complexity index is 1670. The average molecular weight is 530 g/mol. The number of anilines is 2. The zero-order valence-corrected chi connectivity index (χ0v) is 21.0. The highest BCUT2D eigenvalue weighted by Crippen LogP contribution is 2.22. The van der Waals surface area contributed by atoms with E-state index in [4.69, 9.17) is 4.52 Å². The maximum atomic E-state index is 14.9. The first kappa shape index (κ1) is 25.4. The maximum absolute atomic E-state index is 14.9. The third kappa shape index (κ3) is 5.87. The summed E-state index contributed by atoms with van der Waals surface area (Å²) in [7, 11) is 0. The van der Waals surface area contributed by atoms with Crippen LogP contribution < -0.4 is 10.6 Å². The molecule has 0 radical (unpaired) electrons. The molecule has 0 bridgehead atoms. The van der Waals surface area contributed by atoms with Gasteiger partial charge in [0.15, 0.2) is 17.3 Å². The summed E-state index contributed by atoms with van der Waals surface area (Å²) < 4.78 is 33.1. The molecule has 39 heavy (non-hydrogen) atoms. The van der Waals surface area contributed by atoms with E-state index in [-0.39, 0.29) is 29.6 Å². The summed E-state index contributed by atoms with van der Waals surface area (Å²) in [6.45, 7) is 5.20. The van der Waals surface area contributed by atoms with E-state index in [1.54, 1.807) is 51.2 Å². The zero-order valence-electron chi connectivity index (χ0n) is 21.0. The van der Waals surface area contributed by atoms with Crippen molar-refractivity contribution in [2.45, 2.75) is 27.3 Å². The molecule has 13 heteroatoms. The lowest BCUT2D eigenvalue weighted by Crippen LogP contribution is -2.25. The summed E-state index contributed by atoms with van der Waals surface area (Å²) >= 11 is 0. The summed E-state index contributed by atoms with van der Waals surface area (Å²) in [6, 6.07) is 9.18. The van der Waals surface area contributed by atoms with Gasteiger partial charge in [0.2, 0.25) is 11.8 Å². The molecule has 5 aromatic rings. The average Bonchev–Trinajstić information content (AvgIpc) is 3.31. The van der Waals surface area contributed by atoms with Crippen LogP contribution in [0.2, 0.25) is 0 Å². The van der Waals surface area contributed by atoms with E-state index < -0.39 is 17.7 Å². The Hall–Kier alpha value is -5.20. The number of pyridine rings is 3. The molecule has 1 amide bonds. The van der Waals surface area contributed by atoms with Crippen molar-refractivity contribution in [3.05, 3.63) is 89.1 Å². The Labute approximate surface area is 220 Å². The fourth-order valence-corrected chi connectivity index (χ4v) is 3.71. The summed E-state index contributed by atoms with van der Waals surface area (Å²) in [5.74, 6) is -0.893. The Morgan fingerprint density at radius 3 is 2.49 bits per heavy atom. The Balaban J connectivity index is 1.26. The van der Waals surface area contributed by atoms with Crippen molar-refractivity contribution in [1.82, 2.24) is 40.4 Å². The smallest absolute Gasteiger partial charge is 0.273 e. The van der Waals surface area contributed by atoms with Crippen molar-refractivity contribution in [1.29, 1.82) is 0 Å². The van der Waals surface area contributed by atoms with Crippen LogP contribution in [0, 0.1) is 32.5 Å². The molecule has 0 saturated carbocycles. The number of nitrogens with one attached hydrogen (secondary N) is 2. The van der Waals surface area contributed by atoms with Gasteiger partial charge in [-0.2, -0.15) is 9.37 Å². The normalized spacial score (nSPS) is 10.9. The van der Waals surface area contributed by atoms with Crippen molar-refractivity contribution in [2.24, 2.45) is 0 Å². The van der Waals surface area contributed by atoms with Gasteiger partial charge in [-0.1, -0.05) is 6.07 Å². The standard InChI is InChI=1S/C26H21F2N9O2/c1-13-8-22(36-26-34-15(3)39-37-26)35-24(32-13)17-9-19(27)23(30-12-17)25(38)31-11-16-4-6-20(29-10-16)18-5-7-21(28)33-14(18)2/h4-10,12H,11H2,1-3H3,(H,31,38)(H,32,35,36,37). The molecule has 0 unspecified atom stereocenters. The SMILES string of the molecule is Cc1cc(Nc2noc(C)n2)nc(-c2cnc(C(=O)NCc3ccc(-c4ccc(F)nc4C)nc3)c(F)c2)n1. The van der Waals surface area contributed by atoms with Crippen molar-refractivity contribution in [3.8, 4) is 22.6 Å². The van der Waals surface area contributed by atoms with Gasteiger partial charge in [0, 0.05) is 54.4 Å². The van der Waals surface area contributed by atoms with Crippen LogP contribution in [0.15, 0.2) is 53.3 Å². The number of aryl methyl sites for hydroxylation is 3. The Kier molecular flexibility index (Phi) is 6.95. The van der Waals surface area contributed by atoms with Crippen LogP contribution >= 0.6 is 0 Å². The summed E-state index contributed by atoms with van der Waals surface area (Å²) in [5.41, 5.74) is 3.03. The van der Waals surface area contributed by atoms with Crippen LogP contribution in [0.3, 0.4) is 0 Å². The predicted octanol–water partition coefficient (Wildman–Crippen LogP) is 4.26. The molecule has 0 atom stereocenters. The van der Waals surface area contributed by atoms with Gasteiger partial charge in [-0.15, -0.1) is 0 Å². The summed E-state index contributed by atoms with van der Waals surface area (Å²) in [4.78, 5) is 37.5. The molecule has 0 fully saturated rings. The molecule has 0 aromatic carbocycles. The van der Waals surface area contributed by atoms with Crippen LogP contribution in [-0.2, 0) is 6.54 Å². The lowest BCUT2D eigenvalue weighted by Gasteiger charge is -2.09. The molecule has 0 aliphatic heterocycles. The van der Waals surface area contributed by atoms with Crippen LogP contribution in [0.1, 0.15) is 33.3 Å². The predicted molar refractivity (Wildman–Crippen MR) is 136 cm³/mol. The van der Waals surface area contributed by atoms with Gasteiger partial charge < -0.3 is 15.2 Å². The van der Waals surface area contributed by atoms with Crippen molar-refractivity contribution >= 4 is 17.7 Å². The van der Waals surface area contributed by atoms with Crippen LogP contribution in [0.4, 0.5) is 20.5 Å². The van der Waals surface area contributed by atoms with Crippen LogP contribution in [0.5, 0.6) is 0 Å². The van der Waals surface area contributed by atoms with E-state index in [2.05, 4.69) is 45.7 Å². The molecule has 11 nitrogen and oxygen atoms in total. The van der Waals surface area contributed by atoms with E-state index in [1.165, 1.54) is 12.3 Å². The minimum absolute atomic E-state index is 0.0984. The number of nitrogens with zero attached hydrogens (tertiary/aromatic N) is 7. The first-order valence-electron chi connectivity index (χ1n) is 11.7. The largest absolute Gasteiger partial charge is 0.346 e. The second kappa shape index (κ2) is 10.7. The fourth-order valence-electron chi connectivity index (χ4n) is 3.71. The fraction of sp³-hybridized carbons (Fsp3) is 0.154. The number of rotatable bonds is 7. The number of hydrogen-bond acceptors (Lipinski definition) is 10. The quantitative estimate of drug-likeness (QED) is 0.293. The number of hydrogen-bond donors (Lipinski definition) is 2. The van der Waals surface area contributed by atoms with Crippen LogP contribution in [0.25, 0.3) is 22.6 Å². The van der Waals surface area contributed by atoms with Gasteiger partial charge >= 0.3 is 0 Å². The van der Waals surface area contributed by atoms with E-state index >= 15 is 0 Å². The highest BCUT2D eigenvalue weighted by molar-refractivity contribution is 5.92. The molecule has 5 aromatic heterocycles. The van der Waals surface area contributed by atoms with Crippen molar-refractivity contribution < 1.29 is 18.1 Å². The second-order valence-electron chi connectivity index (χ2n) is 8.54. The monoisotopic (exact) mass is 529 g/mol. The van der Waals surface area contributed by atoms with E-state index in [0.29, 0.717) is 39.9 Å². The van der Waals surface area contributed by atoms with Gasteiger partial charge in [0.05, 0.1) is 5.69 Å². The molecule has 5 rings (SSSR count). The number of carbonyl (C=O) groups excluding carboxylic acids is 1. The maximum Gasteiger partial charge on any atom is 0.273 e. The van der Waals surface area contributed by atoms with Gasteiger partial charge in [-0.25, -0.2) is 24.3 Å². The molecular formula is C26H21F2N9O2. The molecular weight excluding hydrogens is 508 g/mol. The van der Waals surface area contributed by atoms with E-state index in [0.717, 1.165) is 6.07 Å². The number of aromatic nitrogens is 7. The number of amides is 1. The molecule has 5 heterocycles. The Morgan fingerprint density at radius 2 is 1.79 bits per heavy atom. The highest BCUT2D eigenvalue weighted by atomic mass is 19.1. The van der Waals surface area contributed by atoms with Gasteiger partial charge in [-0.3, -0.25) is 9.78 Å². The van der Waals surface area contributed by atoms with E-state index in [1.807, 2.05) is 0 Å². The van der Waals surface area contributed by atoms with Gasteiger partial charge in [-0.05, 0) is 48.8 Å². The molecule has 0 saturated heterocycles. The molecule has 2 N–H and O–H groups in total. The zero-order chi connectivity index (χ0) is 27.5. The topological polar surface area (TPSA) is 144 Å². The lowest BCUT2D eigenvalue weighted by atomic mass is 10.1. The molecule has 196 valence electrons. The first-order valence-corrected chi connectivity index (χ1v) is 11.7. The van der Waals surface area contributed by atoms with Crippen molar-refractivity contribution in [2.75, 3.05) is 5.32 Å². The van der Waals surface area contributed by atoms with Gasteiger partial charge in [0.25, 0.3) is 11.9 Å². The molecule has 0 spiro atoms. The molecule has 0 aliphatic rings. The van der Waals surface area contributed by atoms with Crippen LogP contribution in [-0.4, -0.2) is 41.0 Å². The third-order valence-corrected chi connectivity index (χ3v) is 5.54. The first-order chi connectivity index (χ1) is 18.7. The summed E-state index contributed by atoms with van der Waals surface area (Å²) in [5, 5.41) is 9.29. The summed E-state index contributed by atoms with van der Waals surface area (Å²) in [6.07, 6.45) is 2.90. The minimum atomic E-state index is -0.828. The minimum Gasteiger partial charge on any atom is -0.346 e.